The van der Waals surface area contributed by atoms with Gasteiger partial charge in [0, 0.05) is 25.7 Å². The molecule has 0 radical (unpaired) electrons. The normalized spacial score (nSPS) is 21.4. The summed E-state index contributed by atoms with van der Waals surface area (Å²) in [6.45, 7) is 2.68. The molecule has 1 unspecified atom stereocenters. The summed E-state index contributed by atoms with van der Waals surface area (Å²) >= 11 is 1.66. The second-order valence-electron chi connectivity index (χ2n) is 3.84. The predicted octanol–water partition coefficient (Wildman–Crippen LogP) is 1.22. The third kappa shape index (κ3) is 2.07. The van der Waals surface area contributed by atoms with E-state index in [0.29, 0.717) is 0 Å². The van der Waals surface area contributed by atoms with Crippen LogP contribution in [0.2, 0.25) is 0 Å². The zero-order valence-corrected chi connectivity index (χ0v) is 9.67. The molecule has 0 aliphatic carbocycles. The Morgan fingerprint density at radius 2 is 2.56 bits per heavy atom. The van der Waals surface area contributed by atoms with Crippen LogP contribution >= 0.6 is 11.3 Å². The molecule has 0 spiro atoms. The molecule has 3 rings (SSSR count). The SMILES string of the molecule is c1cnc2sc(CC3CNCCO3)nc2c1. The number of nitrogens with zero attached hydrogens (tertiary/aromatic N) is 2. The van der Waals surface area contributed by atoms with E-state index in [1.54, 1.807) is 11.3 Å². The van der Waals surface area contributed by atoms with Crippen molar-refractivity contribution in [1.82, 2.24) is 15.3 Å². The van der Waals surface area contributed by atoms with Crippen LogP contribution in [-0.4, -0.2) is 35.8 Å². The summed E-state index contributed by atoms with van der Waals surface area (Å²) in [5.41, 5.74) is 0.992. The lowest BCUT2D eigenvalue weighted by Gasteiger charge is -2.22. The van der Waals surface area contributed by atoms with Crippen LogP contribution in [0, 0.1) is 0 Å². The van der Waals surface area contributed by atoms with Gasteiger partial charge in [-0.25, -0.2) is 9.97 Å². The summed E-state index contributed by atoms with van der Waals surface area (Å²) in [5.74, 6) is 0. The van der Waals surface area contributed by atoms with Crippen molar-refractivity contribution in [3.8, 4) is 0 Å². The van der Waals surface area contributed by atoms with Crippen LogP contribution in [0.3, 0.4) is 0 Å². The van der Waals surface area contributed by atoms with E-state index in [9.17, 15) is 0 Å². The Bertz CT molecular complexity index is 446. The molecule has 1 saturated heterocycles. The number of hydrogen-bond donors (Lipinski definition) is 1. The van der Waals surface area contributed by atoms with Gasteiger partial charge >= 0.3 is 0 Å². The first kappa shape index (κ1) is 10.1. The fraction of sp³-hybridized carbons (Fsp3) is 0.455. The van der Waals surface area contributed by atoms with Crippen molar-refractivity contribution in [2.24, 2.45) is 0 Å². The summed E-state index contributed by atoms with van der Waals surface area (Å²) in [6.07, 6.45) is 2.95. The number of ether oxygens (including phenoxy) is 1. The Balaban J connectivity index is 1.78. The van der Waals surface area contributed by atoms with Crippen molar-refractivity contribution in [2.45, 2.75) is 12.5 Å². The molecule has 4 nitrogen and oxygen atoms in total. The van der Waals surface area contributed by atoms with E-state index in [1.807, 2.05) is 18.3 Å². The number of pyridine rings is 1. The molecule has 0 amide bonds. The van der Waals surface area contributed by atoms with E-state index < -0.39 is 0 Å². The molecule has 1 aliphatic rings. The average Bonchev–Trinajstić information content (AvgIpc) is 2.72. The van der Waals surface area contributed by atoms with E-state index >= 15 is 0 Å². The fourth-order valence-corrected chi connectivity index (χ4v) is 2.82. The number of aromatic nitrogens is 2. The predicted molar refractivity (Wildman–Crippen MR) is 63.7 cm³/mol. The van der Waals surface area contributed by atoms with Gasteiger partial charge in [0.2, 0.25) is 0 Å². The van der Waals surface area contributed by atoms with Crippen LogP contribution in [0.15, 0.2) is 18.3 Å². The molecule has 1 fully saturated rings. The average molecular weight is 235 g/mol. The summed E-state index contributed by atoms with van der Waals surface area (Å²) in [6, 6.07) is 3.92. The Labute approximate surface area is 97.7 Å². The Kier molecular flexibility index (Phi) is 2.82. The van der Waals surface area contributed by atoms with E-state index in [-0.39, 0.29) is 6.10 Å². The molecule has 1 N–H and O–H groups in total. The van der Waals surface area contributed by atoms with Crippen LogP contribution in [0.4, 0.5) is 0 Å². The van der Waals surface area contributed by atoms with Crippen LogP contribution in [0.5, 0.6) is 0 Å². The van der Waals surface area contributed by atoms with E-state index in [2.05, 4.69) is 15.3 Å². The van der Waals surface area contributed by atoms with Gasteiger partial charge in [0.1, 0.15) is 10.3 Å². The summed E-state index contributed by atoms with van der Waals surface area (Å²) < 4.78 is 5.66. The van der Waals surface area contributed by atoms with Crippen molar-refractivity contribution in [2.75, 3.05) is 19.7 Å². The van der Waals surface area contributed by atoms with E-state index in [1.165, 1.54) is 0 Å². The van der Waals surface area contributed by atoms with Gasteiger partial charge in [-0.05, 0) is 12.1 Å². The smallest absolute Gasteiger partial charge is 0.143 e. The Morgan fingerprint density at radius 3 is 3.38 bits per heavy atom. The monoisotopic (exact) mass is 235 g/mol. The highest BCUT2D eigenvalue weighted by molar-refractivity contribution is 7.18. The van der Waals surface area contributed by atoms with Gasteiger partial charge in [0.05, 0.1) is 17.7 Å². The van der Waals surface area contributed by atoms with Crippen molar-refractivity contribution >= 4 is 21.7 Å². The number of morpholine rings is 1. The topological polar surface area (TPSA) is 47.0 Å². The molecule has 84 valence electrons. The maximum atomic E-state index is 5.66. The standard InChI is InChI=1S/C11H13N3OS/c1-2-9-11(13-3-1)16-10(14-9)6-8-7-12-4-5-15-8/h1-3,8,12H,4-7H2. The second-order valence-corrected chi connectivity index (χ2v) is 4.90. The van der Waals surface area contributed by atoms with Crippen molar-refractivity contribution < 1.29 is 4.74 Å². The molecule has 0 aromatic carbocycles. The fourth-order valence-electron chi connectivity index (χ4n) is 1.85. The summed E-state index contributed by atoms with van der Waals surface area (Å²) in [4.78, 5) is 9.86. The molecule has 1 aliphatic heterocycles. The maximum absolute atomic E-state index is 5.66. The van der Waals surface area contributed by atoms with Gasteiger partial charge in [-0.1, -0.05) is 11.3 Å². The van der Waals surface area contributed by atoms with Gasteiger partial charge in [-0.3, -0.25) is 0 Å². The molecule has 0 saturated carbocycles. The molecule has 5 heteroatoms. The highest BCUT2D eigenvalue weighted by Gasteiger charge is 2.16. The largest absolute Gasteiger partial charge is 0.375 e. The summed E-state index contributed by atoms with van der Waals surface area (Å²) in [5, 5.41) is 4.44. The van der Waals surface area contributed by atoms with Crippen LogP contribution in [0.25, 0.3) is 10.3 Å². The molecular formula is C11H13N3OS. The van der Waals surface area contributed by atoms with E-state index in [4.69, 9.17) is 4.74 Å². The highest BCUT2D eigenvalue weighted by Crippen LogP contribution is 2.21. The number of thiazole rings is 1. The first-order chi connectivity index (χ1) is 7.92. The van der Waals surface area contributed by atoms with Crippen LogP contribution in [-0.2, 0) is 11.2 Å². The summed E-state index contributed by atoms with van der Waals surface area (Å²) in [7, 11) is 0. The lowest BCUT2D eigenvalue weighted by Crippen LogP contribution is -2.39. The number of hydrogen-bond acceptors (Lipinski definition) is 5. The molecular weight excluding hydrogens is 222 g/mol. The molecule has 1 atom stereocenters. The Hall–Kier alpha value is -1.04. The number of rotatable bonds is 2. The van der Waals surface area contributed by atoms with Crippen molar-refractivity contribution in [3.63, 3.8) is 0 Å². The lowest BCUT2D eigenvalue weighted by atomic mass is 10.2. The molecule has 16 heavy (non-hydrogen) atoms. The molecule has 0 bridgehead atoms. The molecule has 3 heterocycles. The second kappa shape index (κ2) is 4.45. The highest BCUT2D eigenvalue weighted by atomic mass is 32.1. The minimum Gasteiger partial charge on any atom is -0.375 e. The van der Waals surface area contributed by atoms with Crippen molar-refractivity contribution in [3.05, 3.63) is 23.3 Å². The first-order valence-electron chi connectivity index (χ1n) is 5.44. The maximum Gasteiger partial charge on any atom is 0.143 e. The minimum atomic E-state index is 0.259. The molecule has 2 aromatic heterocycles. The van der Waals surface area contributed by atoms with Crippen LogP contribution < -0.4 is 5.32 Å². The van der Waals surface area contributed by atoms with Gasteiger partial charge in [0.15, 0.2) is 0 Å². The number of fused-ring (bicyclic) bond motifs is 1. The van der Waals surface area contributed by atoms with Gasteiger partial charge < -0.3 is 10.1 Å². The zero-order chi connectivity index (χ0) is 10.8. The van der Waals surface area contributed by atoms with Crippen LogP contribution in [0.1, 0.15) is 5.01 Å². The third-order valence-electron chi connectivity index (χ3n) is 2.62. The Morgan fingerprint density at radius 1 is 1.56 bits per heavy atom. The van der Waals surface area contributed by atoms with E-state index in [0.717, 1.165) is 41.5 Å². The first-order valence-corrected chi connectivity index (χ1v) is 6.26. The quantitative estimate of drug-likeness (QED) is 0.850. The zero-order valence-electron chi connectivity index (χ0n) is 8.85. The minimum absolute atomic E-state index is 0.259. The van der Waals surface area contributed by atoms with Gasteiger partial charge in [0.25, 0.3) is 0 Å². The van der Waals surface area contributed by atoms with Gasteiger partial charge in [-0.15, -0.1) is 0 Å². The number of nitrogens with one attached hydrogen (secondary N) is 1. The molecule has 2 aromatic rings. The van der Waals surface area contributed by atoms with Crippen molar-refractivity contribution in [1.29, 1.82) is 0 Å². The van der Waals surface area contributed by atoms with Gasteiger partial charge in [-0.2, -0.15) is 0 Å². The third-order valence-corrected chi connectivity index (χ3v) is 3.62. The lowest BCUT2D eigenvalue weighted by molar-refractivity contribution is 0.0292.